The fourth-order valence-electron chi connectivity index (χ4n) is 1.86. The highest BCUT2D eigenvalue weighted by Crippen LogP contribution is 2.28. The van der Waals surface area contributed by atoms with Crippen molar-refractivity contribution in [2.45, 2.75) is 6.92 Å². The molecule has 0 aliphatic rings. The van der Waals surface area contributed by atoms with Gasteiger partial charge < -0.3 is 5.32 Å². The summed E-state index contributed by atoms with van der Waals surface area (Å²) in [7, 11) is 0. The minimum atomic E-state index is -0.519. The van der Waals surface area contributed by atoms with Gasteiger partial charge in [-0.1, -0.05) is 35.3 Å². The number of hydrogen-bond acceptors (Lipinski definition) is 3. The van der Waals surface area contributed by atoms with Crippen molar-refractivity contribution >= 4 is 40.5 Å². The Morgan fingerprint density at radius 1 is 1.14 bits per heavy atom. The minimum Gasteiger partial charge on any atom is -0.321 e. The third-order valence-electron chi connectivity index (χ3n) is 2.94. The molecule has 0 spiro atoms. The van der Waals surface area contributed by atoms with Crippen molar-refractivity contribution < 1.29 is 9.72 Å². The second-order valence-corrected chi connectivity index (χ2v) is 5.07. The highest BCUT2D eigenvalue weighted by Gasteiger charge is 2.18. The normalized spacial score (nSPS) is 10.2. The van der Waals surface area contributed by atoms with Crippen LogP contribution in [-0.2, 0) is 0 Å². The lowest BCUT2D eigenvalue weighted by Crippen LogP contribution is -2.14. The molecule has 21 heavy (non-hydrogen) atoms. The number of carbonyl (C=O) groups is 1. The third-order valence-corrected chi connectivity index (χ3v) is 3.57. The van der Waals surface area contributed by atoms with Gasteiger partial charge in [0.1, 0.15) is 0 Å². The predicted octanol–water partition coefficient (Wildman–Crippen LogP) is 4.46. The first-order valence-corrected chi connectivity index (χ1v) is 6.66. The summed E-state index contributed by atoms with van der Waals surface area (Å²) in [5.74, 6) is -0.519. The highest BCUT2D eigenvalue weighted by atomic mass is 35.5. The molecule has 0 atom stereocenters. The highest BCUT2D eigenvalue weighted by molar-refractivity contribution is 6.40. The Kier molecular flexibility index (Phi) is 4.45. The Hall–Kier alpha value is -2.11. The van der Waals surface area contributed by atoms with E-state index in [9.17, 15) is 14.9 Å². The quantitative estimate of drug-likeness (QED) is 0.669. The Morgan fingerprint density at radius 3 is 2.29 bits per heavy atom. The molecule has 1 amide bonds. The number of nitrogens with one attached hydrogen (secondary N) is 1. The zero-order valence-corrected chi connectivity index (χ0v) is 12.4. The van der Waals surface area contributed by atoms with Gasteiger partial charge in [0.2, 0.25) is 0 Å². The van der Waals surface area contributed by atoms with Gasteiger partial charge in [-0.05, 0) is 25.1 Å². The molecule has 0 aromatic heterocycles. The summed E-state index contributed by atoms with van der Waals surface area (Å²) in [5, 5.41) is 13.9. The molecule has 0 bridgehead atoms. The summed E-state index contributed by atoms with van der Waals surface area (Å²) in [6.07, 6.45) is 0. The van der Waals surface area contributed by atoms with Crippen LogP contribution in [-0.4, -0.2) is 10.8 Å². The fourth-order valence-corrected chi connectivity index (χ4v) is 2.43. The van der Waals surface area contributed by atoms with Crippen LogP contribution in [0.3, 0.4) is 0 Å². The van der Waals surface area contributed by atoms with E-state index in [1.807, 2.05) is 0 Å². The number of anilines is 1. The van der Waals surface area contributed by atoms with Gasteiger partial charge in [0.15, 0.2) is 0 Å². The molecular formula is C14H10Cl2N2O3. The topological polar surface area (TPSA) is 72.2 Å². The van der Waals surface area contributed by atoms with Gasteiger partial charge in [0.05, 0.1) is 31.8 Å². The maximum Gasteiger partial charge on any atom is 0.274 e. The molecule has 5 nitrogen and oxygen atoms in total. The summed E-state index contributed by atoms with van der Waals surface area (Å²) in [6, 6.07) is 9.15. The molecule has 0 saturated heterocycles. The number of carbonyl (C=O) groups excluding carboxylic acids is 1. The van der Waals surface area contributed by atoms with Crippen molar-refractivity contribution in [2.24, 2.45) is 0 Å². The Labute approximate surface area is 130 Å². The SMILES string of the molecule is Cc1c(NC(=O)c2c(Cl)cccc2Cl)cccc1[N+](=O)[O-]. The molecular weight excluding hydrogens is 315 g/mol. The van der Waals surface area contributed by atoms with E-state index in [0.29, 0.717) is 11.3 Å². The molecule has 7 heteroatoms. The van der Waals surface area contributed by atoms with Crippen LogP contribution in [0.5, 0.6) is 0 Å². The average Bonchev–Trinajstić information content (AvgIpc) is 2.40. The number of halogens is 2. The monoisotopic (exact) mass is 324 g/mol. The molecule has 108 valence electrons. The second-order valence-electron chi connectivity index (χ2n) is 4.26. The Bertz CT molecular complexity index is 712. The molecule has 1 N–H and O–H groups in total. The lowest BCUT2D eigenvalue weighted by Gasteiger charge is -2.10. The van der Waals surface area contributed by atoms with Gasteiger partial charge in [-0.2, -0.15) is 0 Å². The largest absolute Gasteiger partial charge is 0.321 e. The van der Waals surface area contributed by atoms with Crippen LogP contribution in [0.2, 0.25) is 10.0 Å². The molecule has 0 heterocycles. The zero-order valence-electron chi connectivity index (χ0n) is 10.9. The summed E-state index contributed by atoms with van der Waals surface area (Å²) in [6.45, 7) is 1.56. The number of benzene rings is 2. The van der Waals surface area contributed by atoms with Crippen LogP contribution in [0.4, 0.5) is 11.4 Å². The first kappa shape index (κ1) is 15.3. The van der Waals surface area contributed by atoms with Crippen molar-refractivity contribution in [2.75, 3.05) is 5.32 Å². The average molecular weight is 325 g/mol. The number of rotatable bonds is 3. The van der Waals surface area contributed by atoms with Crippen molar-refractivity contribution in [3.63, 3.8) is 0 Å². The molecule has 0 saturated carbocycles. The zero-order chi connectivity index (χ0) is 15.6. The van der Waals surface area contributed by atoms with Gasteiger partial charge in [-0.15, -0.1) is 0 Å². The fraction of sp³-hybridized carbons (Fsp3) is 0.0714. The summed E-state index contributed by atoms with van der Waals surface area (Å²) in [5.41, 5.74) is 0.758. The summed E-state index contributed by atoms with van der Waals surface area (Å²) >= 11 is 11.9. The molecule has 0 fully saturated rings. The van der Waals surface area contributed by atoms with E-state index in [4.69, 9.17) is 23.2 Å². The van der Waals surface area contributed by atoms with Crippen LogP contribution in [0.1, 0.15) is 15.9 Å². The summed E-state index contributed by atoms with van der Waals surface area (Å²) < 4.78 is 0. The van der Waals surface area contributed by atoms with Crippen LogP contribution in [0, 0.1) is 17.0 Å². The van der Waals surface area contributed by atoms with Gasteiger partial charge in [0.25, 0.3) is 11.6 Å². The van der Waals surface area contributed by atoms with Crippen molar-refractivity contribution in [1.29, 1.82) is 0 Å². The Balaban J connectivity index is 2.37. The first-order valence-electron chi connectivity index (χ1n) is 5.91. The number of nitro groups is 1. The Morgan fingerprint density at radius 2 is 1.71 bits per heavy atom. The number of amides is 1. The second kappa shape index (κ2) is 6.11. The van der Waals surface area contributed by atoms with E-state index in [2.05, 4.69) is 5.32 Å². The van der Waals surface area contributed by atoms with Gasteiger partial charge in [-0.3, -0.25) is 14.9 Å². The first-order chi connectivity index (χ1) is 9.91. The van der Waals surface area contributed by atoms with Crippen LogP contribution in [0.25, 0.3) is 0 Å². The summed E-state index contributed by atoms with van der Waals surface area (Å²) in [4.78, 5) is 22.6. The number of nitrogens with zero attached hydrogens (tertiary/aromatic N) is 1. The lowest BCUT2D eigenvalue weighted by atomic mass is 10.1. The number of nitro benzene ring substituents is 1. The number of hydrogen-bond donors (Lipinski definition) is 1. The van der Waals surface area contributed by atoms with E-state index in [1.165, 1.54) is 12.1 Å². The van der Waals surface area contributed by atoms with Gasteiger partial charge in [-0.25, -0.2) is 0 Å². The predicted molar refractivity (Wildman–Crippen MR) is 82.2 cm³/mol. The molecule has 2 aromatic carbocycles. The maximum atomic E-state index is 12.2. The van der Waals surface area contributed by atoms with E-state index < -0.39 is 10.8 Å². The molecule has 0 aliphatic heterocycles. The molecule has 2 rings (SSSR count). The lowest BCUT2D eigenvalue weighted by molar-refractivity contribution is -0.385. The third kappa shape index (κ3) is 3.15. The van der Waals surface area contributed by atoms with E-state index in [0.717, 1.165) is 0 Å². The maximum absolute atomic E-state index is 12.2. The molecule has 0 unspecified atom stereocenters. The van der Waals surface area contributed by atoms with E-state index >= 15 is 0 Å². The van der Waals surface area contributed by atoms with Crippen LogP contribution >= 0.6 is 23.2 Å². The van der Waals surface area contributed by atoms with E-state index in [-0.39, 0.29) is 21.3 Å². The van der Waals surface area contributed by atoms with Crippen molar-refractivity contribution in [3.8, 4) is 0 Å². The van der Waals surface area contributed by atoms with Gasteiger partial charge in [0, 0.05) is 6.07 Å². The molecule has 2 aromatic rings. The van der Waals surface area contributed by atoms with Crippen molar-refractivity contribution in [1.82, 2.24) is 0 Å². The van der Waals surface area contributed by atoms with Gasteiger partial charge >= 0.3 is 0 Å². The van der Waals surface area contributed by atoms with Crippen LogP contribution in [0.15, 0.2) is 36.4 Å². The smallest absolute Gasteiger partial charge is 0.274 e. The van der Waals surface area contributed by atoms with Crippen LogP contribution < -0.4 is 5.32 Å². The molecule has 0 radical (unpaired) electrons. The van der Waals surface area contributed by atoms with Crippen molar-refractivity contribution in [3.05, 3.63) is 67.7 Å². The van der Waals surface area contributed by atoms with E-state index in [1.54, 1.807) is 31.2 Å². The molecule has 0 aliphatic carbocycles. The minimum absolute atomic E-state index is 0.0712. The standard InChI is InChI=1S/C14H10Cl2N2O3/c1-8-11(6-3-7-12(8)18(20)21)17-14(19)13-9(15)4-2-5-10(13)16/h2-7H,1H3,(H,17,19).